The molecule has 5 heterocycles. The van der Waals surface area contributed by atoms with Gasteiger partial charge in [0.05, 0.1) is 17.7 Å². The third-order valence-corrected chi connectivity index (χ3v) is 6.82. The number of rotatable bonds is 5. The second-order valence-corrected chi connectivity index (χ2v) is 9.60. The Bertz CT molecular complexity index is 1800. The average Bonchev–Trinajstić information content (AvgIpc) is 3.65. The summed E-state index contributed by atoms with van der Waals surface area (Å²) in [6.45, 7) is 2.40. The van der Waals surface area contributed by atoms with Crippen molar-refractivity contribution in [2.45, 2.75) is 19.4 Å². The number of nitrogens with zero attached hydrogens (tertiary/aromatic N) is 7. The summed E-state index contributed by atoms with van der Waals surface area (Å²) in [5, 5.41) is 17.1. The van der Waals surface area contributed by atoms with Gasteiger partial charge in [0, 0.05) is 40.7 Å². The van der Waals surface area contributed by atoms with Gasteiger partial charge in [0.1, 0.15) is 18.7 Å². The van der Waals surface area contributed by atoms with Gasteiger partial charge in [0.15, 0.2) is 11.5 Å². The summed E-state index contributed by atoms with van der Waals surface area (Å²) in [4.78, 5) is 9.48. The van der Waals surface area contributed by atoms with Crippen molar-refractivity contribution in [1.82, 2.24) is 39.6 Å². The van der Waals surface area contributed by atoms with E-state index < -0.39 is 0 Å². The van der Waals surface area contributed by atoms with Crippen molar-refractivity contribution in [3.8, 4) is 28.9 Å². The Kier molecular flexibility index (Phi) is 5.15. The van der Waals surface area contributed by atoms with Gasteiger partial charge >= 0.3 is 0 Å². The van der Waals surface area contributed by atoms with Crippen LogP contribution in [-0.2, 0) is 13.7 Å². The van der Waals surface area contributed by atoms with E-state index in [1.165, 1.54) is 0 Å². The van der Waals surface area contributed by atoms with E-state index in [-0.39, 0.29) is 5.92 Å². The first-order valence-electron chi connectivity index (χ1n) is 12.0. The van der Waals surface area contributed by atoms with Crippen LogP contribution in [0.2, 0.25) is 5.02 Å². The maximum atomic E-state index is 6.08. The highest BCUT2D eigenvalue weighted by atomic mass is 35.5. The van der Waals surface area contributed by atoms with Crippen molar-refractivity contribution < 1.29 is 9.47 Å². The zero-order valence-corrected chi connectivity index (χ0v) is 21.2. The molecule has 11 heteroatoms. The molecule has 1 N–H and O–H groups in total. The second kappa shape index (κ2) is 8.70. The van der Waals surface area contributed by atoms with Gasteiger partial charge in [0.2, 0.25) is 11.8 Å². The lowest BCUT2D eigenvalue weighted by atomic mass is 9.86. The van der Waals surface area contributed by atoms with E-state index in [0.717, 1.165) is 39.3 Å². The first kappa shape index (κ1) is 22.5. The molecule has 0 radical (unpaired) electrons. The highest BCUT2D eigenvalue weighted by Gasteiger charge is 2.37. The van der Waals surface area contributed by atoms with Gasteiger partial charge < -0.3 is 9.47 Å². The number of nitrogens with one attached hydrogen (secondary N) is 1. The number of aryl methyl sites for hydroxylation is 2. The number of H-pyrrole nitrogens is 1. The van der Waals surface area contributed by atoms with Crippen molar-refractivity contribution in [2.75, 3.05) is 0 Å². The van der Waals surface area contributed by atoms with Gasteiger partial charge in [-0.1, -0.05) is 41.9 Å². The average molecular weight is 525 g/mol. The molecule has 0 spiro atoms. The van der Waals surface area contributed by atoms with E-state index in [1.54, 1.807) is 21.6 Å². The molecule has 188 valence electrons. The smallest absolute Gasteiger partial charge is 0.244 e. The summed E-state index contributed by atoms with van der Waals surface area (Å²) >= 11 is 6.05. The van der Waals surface area contributed by atoms with Crippen LogP contribution in [0.1, 0.15) is 33.9 Å². The van der Waals surface area contributed by atoms with Gasteiger partial charge in [-0.2, -0.15) is 5.10 Å². The van der Waals surface area contributed by atoms with Gasteiger partial charge in [-0.3, -0.25) is 9.78 Å². The monoisotopic (exact) mass is 524 g/mol. The maximum Gasteiger partial charge on any atom is 0.244 e. The molecular weight excluding hydrogens is 504 g/mol. The van der Waals surface area contributed by atoms with Crippen LogP contribution >= 0.6 is 11.6 Å². The maximum absolute atomic E-state index is 6.08. The number of hydrogen-bond acceptors (Lipinski definition) is 7. The zero-order chi connectivity index (χ0) is 25.8. The minimum Gasteiger partial charge on any atom is -0.489 e. The molecule has 0 fully saturated rings. The van der Waals surface area contributed by atoms with Gasteiger partial charge in [-0.15, -0.1) is 10.2 Å². The SMILES string of the molecule is Cc1[nH]nc2c1[C@H](c1cnn(C)c1)c1c(ncn3nc(-c4ccc(COc5cccc(Cl)c5)cc4)nc13)O2. The number of fused-ring (bicyclic) bond motifs is 4. The van der Waals surface area contributed by atoms with Crippen LogP contribution in [-0.4, -0.2) is 39.6 Å². The number of halogens is 1. The number of benzene rings is 2. The molecule has 2 aromatic carbocycles. The molecule has 6 aromatic rings. The molecule has 7 rings (SSSR count). The van der Waals surface area contributed by atoms with Crippen molar-refractivity contribution in [1.29, 1.82) is 0 Å². The van der Waals surface area contributed by atoms with E-state index in [2.05, 4.69) is 20.3 Å². The van der Waals surface area contributed by atoms with Crippen molar-refractivity contribution >= 4 is 17.2 Å². The molecular formula is C27H21ClN8O2. The normalized spacial score (nSPS) is 14.2. The Labute approximate surface area is 221 Å². The standard InChI is InChI=1S/C27H21ClN8O2/c1-15-21-22(18-11-30-35(2)12-18)23-25-31-24(34-36(25)14-29-26(23)38-27(21)33-32-15)17-8-6-16(7-9-17)13-37-20-5-3-4-19(28)10-20/h3-12,14,22H,13H2,1-2H3,(H,32,33)/t22-/m0/s1. The molecule has 0 bridgehead atoms. The molecule has 1 aliphatic heterocycles. The third kappa shape index (κ3) is 3.77. The Morgan fingerprint density at radius 2 is 1.97 bits per heavy atom. The molecule has 0 amide bonds. The highest BCUT2D eigenvalue weighted by molar-refractivity contribution is 6.30. The lowest BCUT2D eigenvalue weighted by molar-refractivity contribution is 0.306. The van der Waals surface area contributed by atoms with Crippen LogP contribution in [0.5, 0.6) is 17.5 Å². The summed E-state index contributed by atoms with van der Waals surface area (Å²) in [6, 6.07) is 15.3. The zero-order valence-electron chi connectivity index (χ0n) is 20.5. The van der Waals surface area contributed by atoms with Crippen LogP contribution in [0.4, 0.5) is 0 Å². The van der Waals surface area contributed by atoms with Crippen molar-refractivity contribution in [2.24, 2.45) is 7.05 Å². The quantitative estimate of drug-likeness (QED) is 0.334. The highest BCUT2D eigenvalue weighted by Crippen LogP contribution is 2.48. The molecule has 0 aliphatic carbocycles. The molecule has 4 aromatic heterocycles. The van der Waals surface area contributed by atoms with Gasteiger partial charge in [-0.25, -0.2) is 14.5 Å². The fourth-order valence-corrected chi connectivity index (χ4v) is 4.96. The second-order valence-electron chi connectivity index (χ2n) is 9.16. The van der Waals surface area contributed by atoms with E-state index in [1.807, 2.05) is 68.8 Å². The van der Waals surface area contributed by atoms with Crippen LogP contribution in [0.25, 0.3) is 17.0 Å². The molecule has 1 atom stereocenters. The number of ether oxygens (including phenoxy) is 2. The molecule has 0 unspecified atom stereocenters. The minimum atomic E-state index is -0.208. The third-order valence-electron chi connectivity index (χ3n) is 6.59. The summed E-state index contributed by atoms with van der Waals surface area (Å²) in [6.07, 6.45) is 5.45. The Hall–Kier alpha value is -4.70. The van der Waals surface area contributed by atoms with Crippen molar-refractivity contribution in [3.05, 3.63) is 100 Å². The fraction of sp³-hybridized carbons (Fsp3) is 0.148. The number of hydrogen-bond donors (Lipinski definition) is 1. The summed E-state index contributed by atoms with van der Waals surface area (Å²) in [5.74, 6) is 2.07. The number of aromatic amines is 1. The van der Waals surface area contributed by atoms with Crippen LogP contribution in [0, 0.1) is 6.92 Å². The van der Waals surface area contributed by atoms with Crippen LogP contribution < -0.4 is 9.47 Å². The lowest BCUT2D eigenvalue weighted by Crippen LogP contribution is -2.14. The minimum absolute atomic E-state index is 0.208. The van der Waals surface area contributed by atoms with Crippen molar-refractivity contribution in [3.63, 3.8) is 0 Å². The van der Waals surface area contributed by atoms with Gasteiger partial charge in [0.25, 0.3) is 0 Å². The largest absolute Gasteiger partial charge is 0.489 e. The lowest BCUT2D eigenvalue weighted by Gasteiger charge is -2.24. The van der Waals surface area contributed by atoms with E-state index >= 15 is 0 Å². The summed E-state index contributed by atoms with van der Waals surface area (Å²) < 4.78 is 15.4. The van der Waals surface area contributed by atoms with E-state index in [0.29, 0.717) is 34.9 Å². The summed E-state index contributed by atoms with van der Waals surface area (Å²) in [7, 11) is 1.89. The molecule has 10 nitrogen and oxygen atoms in total. The molecule has 1 aliphatic rings. The van der Waals surface area contributed by atoms with Crippen LogP contribution in [0.15, 0.2) is 67.3 Å². The predicted octanol–water partition coefficient (Wildman–Crippen LogP) is 5.07. The fourth-order valence-electron chi connectivity index (χ4n) is 4.78. The van der Waals surface area contributed by atoms with Crippen LogP contribution in [0.3, 0.4) is 0 Å². The summed E-state index contributed by atoms with van der Waals surface area (Å²) in [5.41, 5.74) is 6.23. The van der Waals surface area contributed by atoms with E-state index in [4.69, 9.17) is 31.2 Å². The Morgan fingerprint density at radius 3 is 2.76 bits per heavy atom. The van der Waals surface area contributed by atoms with Gasteiger partial charge in [-0.05, 0) is 30.7 Å². The topological polar surface area (TPSA) is 108 Å². The molecule has 0 saturated heterocycles. The Balaban J connectivity index is 1.25. The first-order chi connectivity index (χ1) is 18.5. The number of aromatic nitrogens is 8. The molecule has 0 saturated carbocycles. The Morgan fingerprint density at radius 1 is 1.11 bits per heavy atom. The molecule has 38 heavy (non-hydrogen) atoms. The van der Waals surface area contributed by atoms with E-state index in [9.17, 15) is 0 Å². The predicted molar refractivity (Wildman–Crippen MR) is 140 cm³/mol. The first-order valence-corrected chi connectivity index (χ1v) is 12.4.